The number of carbonyl (C=O) groups excluding carboxylic acids is 1. The Morgan fingerprint density at radius 3 is 2.69 bits per heavy atom. The van der Waals surface area contributed by atoms with Crippen LogP contribution in [0.2, 0.25) is 0 Å². The van der Waals surface area contributed by atoms with Gasteiger partial charge in [0.1, 0.15) is 18.1 Å². The molecule has 2 N–H and O–H groups in total. The quantitative estimate of drug-likeness (QED) is 0.356. The van der Waals surface area contributed by atoms with Gasteiger partial charge in [-0.05, 0) is 60.4 Å². The molecule has 5 aromatic rings. The van der Waals surface area contributed by atoms with Crippen LogP contribution in [0.4, 0.5) is 0 Å². The number of amides is 1. The van der Waals surface area contributed by atoms with Crippen molar-refractivity contribution in [3.8, 4) is 27.8 Å². The molecule has 174 valence electrons. The number of aromatic nitrogens is 3. The molecule has 0 aliphatic heterocycles. The summed E-state index contributed by atoms with van der Waals surface area (Å²) in [5.74, 6) is 0.931. The van der Waals surface area contributed by atoms with E-state index in [2.05, 4.69) is 10.1 Å². The highest BCUT2D eigenvalue weighted by molar-refractivity contribution is 7.16. The molecule has 0 unspecified atom stereocenters. The summed E-state index contributed by atoms with van der Waals surface area (Å²) in [6.07, 6.45) is 3.44. The second-order valence-electron chi connectivity index (χ2n) is 8.44. The third-order valence-electron chi connectivity index (χ3n) is 6.17. The minimum absolute atomic E-state index is 0.370. The summed E-state index contributed by atoms with van der Waals surface area (Å²) < 4.78 is 14.0. The van der Waals surface area contributed by atoms with Crippen molar-refractivity contribution in [1.82, 2.24) is 14.8 Å². The number of nitrogens with two attached hydrogens (primary N) is 1. The molecule has 1 amide bonds. The molecule has 1 aliphatic rings. The first-order valence-electron chi connectivity index (χ1n) is 11.3. The van der Waals surface area contributed by atoms with E-state index in [0.717, 1.165) is 51.8 Å². The average Bonchev–Trinajstić information content (AvgIpc) is 3.44. The number of ether oxygens (including phenoxy) is 2. The van der Waals surface area contributed by atoms with Gasteiger partial charge in [0.25, 0.3) is 5.91 Å². The number of benzene rings is 2. The fourth-order valence-corrected chi connectivity index (χ4v) is 5.57. The van der Waals surface area contributed by atoms with Gasteiger partial charge in [0.15, 0.2) is 5.06 Å². The van der Waals surface area contributed by atoms with Gasteiger partial charge in [-0.25, -0.2) is 4.98 Å². The summed E-state index contributed by atoms with van der Waals surface area (Å²) in [6, 6.07) is 19.5. The maximum absolute atomic E-state index is 12.1. The minimum atomic E-state index is -0.433. The van der Waals surface area contributed by atoms with Crippen LogP contribution < -0.4 is 15.2 Å². The first kappa shape index (κ1) is 21.4. The van der Waals surface area contributed by atoms with Gasteiger partial charge in [-0.3, -0.25) is 9.48 Å². The highest BCUT2D eigenvalue weighted by Gasteiger charge is 2.30. The molecular formula is C27H22N4O3S. The van der Waals surface area contributed by atoms with Gasteiger partial charge in [0, 0.05) is 12.4 Å². The van der Waals surface area contributed by atoms with Crippen molar-refractivity contribution in [2.24, 2.45) is 12.8 Å². The van der Waals surface area contributed by atoms with E-state index < -0.39 is 5.91 Å². The van der Waals surface area contributed by atoms with E-state index in [1.54, 1.807) is 0 Å². The second kappa shape index (κ2) is 8.56. The van der Waals surface area contributed by atoms with Crippen LogP contribution in [0.1, 0.15) is 26.5 Å². The van der Waals surface area contributed by atoms with Crippen LogP contribution in [-0.4, -0.2) is 20.7 Å². The Morgan fingerprint density at radius 2 is 1.86 bits per heavy atom. The number of hydrogen-bond donors (Lipinski definition) is 1. The molecule has 6 rings (SSSR count). The smallest absolute Gasteiger partial charge is 0.259 e. The number of aryl methyl sites for hydroxylation is 2. The number of hydrogen-bond acceptors (Lipinski definition) is 6. The number of fused-ring (bicyclic) bond motifs is 4. The van der Waals surface area contributed by atoms with Gasteiger partial charge in [-0.2, -0.15) is 5.10 Å². The van der Waals surface area contributed by atoms with E-state index in [4.69, 9.17) is 15.2 Å². The van der Waals surface area contributed by atoms with E-state index in [1.807, 2.05) is 78.6 Å². The average molecular weight is 483 g/mol. The van der Waals surface area contributed by atoms with Gasteiger partial charge in [0.05, 0.1) is 33.5 Å². The third kappa shape index (κ3) is 3.91. The predicted molar refractivity (Wildman–Crippen MR) is 135 cm³/mol. The lowest BCUT2D eigenvalue weighted by Gasteiger charge is -2.16. The summed E-state index contributed by atoms with van der Waals surface area (Å²) in [4.78, 5) is 17.3. The van der Waals surface area contributed by atoms with Gasteiger partial charge in [-0.1, -0.05) is 35.6 Å². The normalized spacial score (nSPS) is 12.3. The summed E-state index contributed by atoms with van der Waals surface area (Å²) >= 11 is 1.29. The fraction of sp³-hybridized carbons (Fsp3) is 0.148. The van der Waals surface area contributed by atoms with Crippen molar-refractivity contribution in [3.63, 3.8) is 0 Å². The molecule has 1 aliphatic carbocycles. The van der Waals surface area contributed by atoms with Gasteiger partial charge in [0.2, 0.25) is 0 Å². The van der Waals surface area contributed by atoms with Gasteiger partial charge in [-0.15, -0.1) is 0 Å². The molecular weight excluding hydrogens is 460 g/mol. The number of thiophene rings is 1. The molecule has 0 radical (unpaired) electrons. The molecule has 0 atom stereocenters. The molecule has 3 heterocycles. The van der Waals surface area contributed by atoms with Crippen LogP contribution >= 0.6 is 11.3 Å². The molecule has 0 spiro atoms. The maximum atomic E-state index is 12.1. The molecule has 0 saturated carbocycles. The SMILES string of the molecule is Cn1ncc2c1-c1c(Oc3ccc(OCc4ccc5ccccc5n4)cc3)sc(C(N)=O)c1CC2. The van der Waals surface area contributed by atoms with Crippen LogP contribution in [0.3, 0.4) is 0 Å². The lowest BCUT2D eigenvalue weighted by atomic mass is 9.91. The van der Waals surface area contributed by atoms with E-state index >= 15 is 0 Å². The highest BCUT2D eigenvalue weighted by atomic mass is 32.1. The molecule has 8 heteroatoms. The Labute approximate surface area is 205 Å². The largest absolute Gasteiger partial charge is 0.487 e. The highest BCUT2D eigenvalue weighted by Crippen LogP contribution is 2.48. The standard InChI is InChI=1S/C27H22N4O3S/c1-31-24-17(14-29-31)7-13-21-23(24)27(35-25(21)26(28)32)34-20-11-9-19(10-12-20)33-15-18-8-6-16-4-2-3-5-22(16)30-18/h2-6,8-12,14H,7,13,15H2,1H3,(H2,28,32). The van der Waals surface area contributed by atoms with Crippen LogP contribution in [0.15, 0.2) is 66.9 Å². The number of carbonyl (C=O) groups is 1. The van der Waals surface area contributed by atoms with Gasteiger partial charge >= 0.3 is 0 Å². The fourth-order valence-electron chi connectivity index (χ4n) is 4.50. The van der Waals surface area contributed by atoms with E-state index in [-0.39, 0.29) is 0 Å². The van der Waals surface area contributed by atoms with E-state index in [9.17, 15) is 4.79 Å². The monoisotopic (exact) mass is 482 g/mol. The molecule has 35 heavy (non-hydrogen) atoms. The Bertz CT molecular complexity index is 1570. The number of nitrogens with zero attached hydrogens (tertiary/aromatic N) is 3. The van der Waals surface area contributed by atoms with Crippen molar-refractivity contribution >= 4 is 28.1 Å². The Balaban J connectivity index is 1.22. The molecule has 0 saturated heterocycles. The predicted octanol–water partition coefficient (Wildman–Crippen LogP) is 5.27. The summed E-state index contributed by atoms with van der Waals surface area (Å²) in [5, 5.41) is 6.15. The number of para-hydroxylation sites is 1. The number of rotatable bonds is 6. The van der Waals surface area contributed by atoms with E-state index in [1.165, 1.54) is 11.3 Å². The topological polar surface area (TPSA) is 92.3 Å². The molecule has 2 aromatic carbocycles. The number of primary amides is 1. The number of pyridine rings is 1. The summed E-state index contributed by atoms with van der Waals surface area (Å²) in [7, 11) is 1.90. The first-order valence-corrected chi connectivity index (χ1v) is 12.1. The van der Waals surface area contributed by atoms with Crippen LogP contribution in [0, 0.1) is 0 Å². The maximum Gasteiger partial charge on any atom is 0.259 e. The van der Waals surface area contributed by atoms with Crippen LogP contribution in [0.25, 0.3) is 22.2 Å². The van der Waals surface area contributed by atoms with Gasteiger partial charge < -0.3 is 15.2 Å². The summed E-state index contributed by atoms with van der Waals surface area (Å²) in [6.45, 7) is 0.370. The summed E-state index contributed by atoms with van der Waals surface area (Å²) in [5.41, 5.74) is 11.5. The van der Waals surface area contributed by atoms with Crippen LogP contribution in [0.5, 0.6) is 16.6 Å². The lowest BCUT2D eigenvalue weighted by molar-refractivity contribution is 0.100. The second-order valence-corrected chi connectivity index (χ2v) is 9.42. The van der Waals surface area contributed by atoms with Crippen molar-refractivity contribution in [3.05, 3.63) is 88.6 Å². The van der Waals surface area contributed by atoms with Crippen molar-refractivity contribution in [1.29, 1.82) is 0 Å². The minimum Gasteiger partial charge on any atom is -0.487 e. The van der Waals surface area contributed by atoms with Crippen molar-refractivity contribution < 1.29 is 14.3 Å². The zero-order valence-electron chi connectivity index (χ0n) is 19.0. The first-order chi connectivity index (χ1) is 17.1. The third-order valence-corrected chi connectivity index (χ3v) is 7.30. The van der Waals surface area contributed by atoms with Crippen LogP contribution in [-0.2, 0) is 26.5 Å². The van der Waals surface area contributed by atoms with Crippen molar-refractivity contribution in [2.75, 3.05) is 0 Å². The Morgan fingerprint density at radius 1 is 1.06 bits per heavy atom. The zero-order chi connectivity index (χ0) is 23.9. The van der Waals surface area contributed by atoms with Crippen molar-refractivity contribution in [2.45, 2.75) is 19.4 Å². The molecule has 3 aromatic heterocycles. The van der Waals surface area contributed by atoms with E-state index in [0.29, 0.717) is 28.0 Å². The molecule has 0 fully saturated rings. The Kier molecular flexibility index (Phi) is 5.22. The zero-order valence-corrected chi connectivity index (χ0v) is 19.8. The molecule has 7 nitrogen and oxygen atoms in total. The Hall–Kier alpha value is -4.17. The lowest BCUT2D eigenvalue weighted by Crippen LogP contribution is -2.13. The molecule has 0 bridgehead atoms.